The second kappa shape index (κ2) is 7.15. The largest absolute Gasteiger partial charge is 0.334 e. The molecule has 2 aromatic rings. The number of fused-ring (bicyclic) bond motifs is 1. The number of nitrogens with zero attached hydrogens (tertiary/aromatic N) is 3. The van der Waals surface area contributed by atoms with Crippen molar-refractivity contribution in [2.24, 2.45) is 0 Å². The summed E-state index contributed by atoms with van der Waals surface area (Å²) in [5.41, 5.74) is 1.77. The van der Waals surface area contributed by atoms with E-state index in [-0.39, 0.29) is 23.8 Å². The first kappa shape index (κ1) is 17.1. The van der Waals surface area contributed by atoms with E-state index in [2.05, 4.69) is 22.1 Å². The van der Waals surface area contributed by atoms with Gasteiger partial charge in [-0.1, -0.05) is 19.1 Å². The fourth-order valence-electron chi connectivity index (χ4n) is 4.27. The maximum Gasteiger partial charge on any atom is 0.326 e. The molecule has 7 nitrogen and oxygen atoms in total. The molecule has 0 saturated carbocycles. The molecular formula is C19H27N5O2. The van der Waals surface area contributed by atoms with Crippen molar-refractivity contribution in [1.29, 1.82) is 0 Å². The number of H-pyrrole nitrogens is 1. The summed E-state index contributed by atoms with van der Waals surface area (Å²) in [6, 6.07) is 8.23. The lowest BCUT2D eigenvalue weighted by atomic mass is 10.0. The number of urea groups is 1. The number of hydrogen-bond donors (Lipinski definition) is 2. The predicted octanol–water partition coefficient (Wildman–Crippen LogP) is 1.77. The molecule has 0 radical (unpaired) electrons. The fraction of sp³-hybridized carbons (Fsp3) is 0.579. The second-order valence-electron chi connectivity index (χ2n) is 7.36. The van der Waals surface area contributed by atoms with E-state index in [1.165, 1.54) is 0 Å². The molecule has 2 aliphatic rings. The van der Waals surface area contributed by atoms with Crippen LogP contribution in [0.4, 0.5) is 4.79 Å². The standard InChI is InChI=1S/C19H27N5O2/c1-2-22-10-7-14(13-22)20-18(25)23-11-8-15(9-12-23)24-17-6-4-3-5-16(17)21-19(24)26/h3-6,14-15H,2,7-13H2,1H3,(H,20,25)(H,21,26). The number of piperidine rings is 1. The number of carbonyl (C=O) groups is 1. The van der Waals surface area contributed by atoms with Crippen LogP contribution < -0.4 is 11.0 Å². The third-order valence-electron chi connectivity index (χ3n) is 5.79. The maximum atomic E-state index is 12.5. The summed E-state index contributed by atoms with van der Waals surface area (Å²) >= 11 is 0. The molecule has 1 aromatic heterocycles. The minimum Gasteiger partial charge on any atom is -0.334 e. The molecule has 140 valence electrons. The molecule has 2 N–H and O–H groups in total. The van der Waals surface area contributed by atoms with E-state index in [9.17, 15) is 9.59 Å². The van der Waals surface area contributed by atoms with Gasteiger partial charge in [-0.3, -0.25) is 4.57 Å². The Bertz CT molecular complexity index is 834. The number of aromatic nitrogens is 2. The highest BCUT2D eigenvalue weighted by Gasteiger charge is 2.28. The van der Waals surface area contributed by atoms with Crippen molar-refractivity contribution in [2.45, 2.75) is 38.3 Å². The van der Waals surface area contributed by atoms with Gasteiger partial charge in [-0.15, -0.1) is 0 Å². The van der Waals surface area contributed by atoms with E-state index in [1.54, 1.807) is 0 Å². The van der Waals surface area contributed by atoms with E-state index in [0.29, 0.717) is 13.1 Å². The SMILES string of the molecule is CCN1CCC(NC(=O)N2CCC(n3c(=O)[nH]c4ccccc43)CC2)C1. The summed E-state index contributed by atoms with van der Waals surface area (Å²) in [5, 5.41) is 3.17. The highest BCUT2D eigenvalue weighted by Crippen LogP contribution is 2.25. The number of aromatic amines is 1. The zero-order chi connectivity index (χ0) is 18.1. The van der Waals surface area contributed by atoms with E-state index in [4.69, 9.17) is 0 Å². The maximum absolute atomic E-state index is 12.5. The van der Waals surface area contributed by atoms with Gasteiger partial charge in [-0.05, 0) is 37.9 Å². The molecule has 2 fully saturated rings. The van der Waals surface area contributed by atoms with E-state index in [1.807, 2.05) is 33.7 Å². The Morgan fingerprint density at radius 1 is 1.19 bits per heavy atom. The summed E-state index contributed by atoms with van der Waals surface area (Å²) in [6.45, 7) is 6.58. The van der Waals surface area contributed by atoms with E-state index < -0.39 is 0 Å². The first-order valence-electron chi connectivity index (χ1n) is 9.62. The lowest BCUT2D eigenvalue weighted by molar-refractivity contribution is 0.168. The van der Waals surface area contributed by atoms with Crippen molar-refractivity contribution >= 4 is 17.1 Å². The number of nitrogens with one attached hydrogen (secondary N) is 2. The number of rotatable bonds is 3. The number of benzene rings is 1. The normalized spacial score (nSPS) is 22.2. The van der Waals surface area contributed by atoms with Crippen LogP contribution in [0.1, 0.15) is 32.2 Å². The molecule has 0 bridgehead atoms. The Morgan fingerprint density at radius 2 is 1.96 bits per heavy atom. The Hall–Kier alpha value is -2.28. The van der Waals surface area contributed by atoms with Crippen LogP contribution in [-0.4, -0.2) is 64.1 Å². The van der Waals surface area contributed by atoms with Crippen LogP contribution in [0.2, 0.25) is 0 Å². The number of likely N-dealkylation sites (N-methyl/N-ethyl adjacent to an activating group) is 1. The topological polar surface area (TPSA) is 73.4 Å². The predicted molar refractivity (Wildman–Crippen MR) is 101 cm³/mol. The molecular weight excluding hydrogens is 330 g/mol. The number of amides is 2. The minimum atomic E-state index is -0.0558. The van der Waals surface area contributed by atoms with Crippen molar-refractivity contribution < 1.29 is 4.79 Å². The summed E-state index contributed by atoms with van der Waals surface area (Å²) in [5.74, 6) is 0. The minimum absolute atomic E-state index is 0.0395. The second-order valence-corrected chi connectivity index (χ2v) is 7.36. The average molecular weight is 357 g/mol. The number of imidazole rings is 1. The van der Waals surface area contributed by atoms with Crippen LogP contribution in [0.25, 0.3) is 11.0 Å². The van der Waals surface area contributed by atoms with Gasteiger partial charge in [0.1, 0.15) is 0 Å². The van der Waals surface area contributed by atoms with Crippen molar-refractivity contribution in [2.75, 3.05) is 32.7 Å². The number of carbonyl (C=O) groups excluding carboxylic acids is 1. The van der Waals surface area contributed by atoms with Gasteiger partial charge in [0.25, 0.3) is 0 Å². The van der Waals surface area contributed by atoms with Crippen LogP contribution in [0, 0.1) is 0 Å². The highest BCUT2D eigenvalue weighted by atomic mass is 16.2. The van der Waals surface area contributed by atoms with Crippen molar-refractivity contribution in [3.63, 3.8) is 0 Å². The molecule has 3 heterocycles. The van der Waals surface area contributed by atoms with Crippen LogP contribution in [0.15, 0.2) is 29.1 Å². The van der Waals surface area contributed by atoms with Gasteiger partial charge in [-0.2, -0.15) is 0 Å². The fourth-order valence-corrected chi connectivity index (χ4v) is 4.27. The van der Waals surface area contributed by atoms with Crippen molar-refractivity contribution in [3.05, 3.63) is 34.7 Å². The van der Waals surface area contributed by atoms with E-state index >= 15 is 0 Å². The van der Waals surface area contributed by atoms with Gasteiger partial charge in [0.2, 0.25) is 0 Å². The van der Waals surface area contributed by atoms with Gasteiger partial charge in [0, 0.05) is 38.3 Å². The highest BCUT2D eigenvalue weighted by molar-refractivity contribution is 5.76. The van der Waals surface area contributed by atoms with Gasteiger partial charge >= 0.3 is 11.7 Å². The number of likely N-dealkylation sites (tertiary alicyclic amines) is 2. The monoisotopic (exact) mass is 357 g/mol. The zero-order valence-corrected chi connectivity index (χ0v) is 15.3. The van der Waals surface area contributed by atoms with Crippen molar-refractivity contribution in [1.82, 2.24) is 24.7 Å². The molecule has 0 spiro atoms. The molecule has 2 saturated heterocycles. The number of hydrogen-bond acceptors (Lipinski definition) is 3. The van der Waals surface area contributed by atoms with Gasteiger partial charge in [0.15, 0.2) is 0 Å². The molecule has 1 aromatic carbocycles. The zero-order valence-electron chi connectivity index (χ0n) is 15.3. The first-order valence-corrected chi connectivity index (χ1v) is 9.62. The molecule has 4 rings (SSSR count). The first-order chi connectivity index (χ1) is 12.7. The van der Waals surface area contributed by atoms with Gasteiger partial charge in [-0.25, -0.2) is 9.59 Å². The molecule has 1 unspecified atom stereocenters. The van der Waals surface area contributed by atoms with Crippen LogP contribution >= 0.6 is 0 Å². The molecule has 7 heteroatoms. The summed E-state index contributed by atoms with van der Waals surface area (Å²) in [6.07, 6.45) is 2.64. The quantitative estimate of drug-likeness (QED) is 0.879. The molecule has 1 atom stereocenters. The van der Waals surface area contributed by atoms with Crippen LogP contribution in [0.5, 0.6) is 0 Å². The average Bonchev–Trinajstić information content (AvgIpc) is 3.24. The summed E-state index contributed by atoms with van der Waals surface area (Å²) in [7, 11) is 0. The smallest absolute Gasteiger partial charge is 0.326 e. The summed E-state index contributed by atoms with van der Waals surface area (Å²) in [4.78, 5) is 32.1. The Morgan fingerprint density at radius 3 is 2.69 bits per heavy atom. The van der Waals surface area contributed by atoms with E-state index in [0.717, 1.165) is 49.9 Å². The Labute approximate surface area is 153 Å². The molecule has 2 aliphatic heterocycles. The van der Waals surface area contributed by atoms with Gasteiger partial charge in [0.05, 0.1) is 11.0 Å². The van der Waals surface area contributed by atoms with Crippen molar-refractivity contribution in [3.8, 4) is 0 Å². The van der Waals surface area contributed by atoms with Gasteiger partial charge < -0.3 is 20.1 Å². The van der Waals surface area contributed by atoms with Crippen LogP contribution in [-0.2, 0) is 0 Å². The third kappa shape index (κ3) is 3.23. The number of para-hydroxylation sites is 2. The van der Waals surface area contributed by atoms with Crippen LogP contribution in [0.3, 0.4) is 0 Å². The third-order valence-corrected chi connectivity index (χ3v) is 5.79. The molecule has 2 amide bonds. The Balaban J connectivity index is 1.37. The lowest BCUT2D eigenvalue weighted by Crippen LogP contribution is -2.49. The lowest BCUT2D eigenvalue weighted by Gasteiger charge is -2.33. The summed E-state index contributed by atoms with van der Waals surface area (Å²) < 4.78 is 1.86. The molecule has 0 aliphatic carbocycles. The molecule has 26 heavy (non-hydrogen) atoms. The Kier molecular flexibility index (Phi) is 4.72.